The Bertz CT molecular complexity index is 1350. The maximum atomic E-state index is 12.7. The number of anilines is 1. The summed E-state index contributed by atoms with van der Waals surface area (Å²) in [7, 11) is 0. The summed E-state index contributed by atoms with van der Waals surface area (Å²) in [5.74, 6) is -0.515. The standard InChI is InChI=1S/C25H17Cl2N3O/c26-21-9-3-1-7-17(21)15-30-16-19(20-8-2-6-12-24(20)30)13-18(14-28)25(31)29-23-11-5-4-10-22(23)27/h1-13,16H,15H2,(H,29,31)/b18-13+. The molecule has 4 rings (SSSR count). The molecule has 0 aliphatic carbocycles. The van der Waals surface area contributed by atoms with Gasteiger partial charge in [0.05, 0.1) is 10.7 Å². The van der Waals surface area contributed by atoms with Crippen LogP contribution in [0.3, 0.4) is 0 Å². The SMILES string of the molecule is N#C/C(=C\c1cn(Cc2ccccc2Cl)c2ccccc12)C(=O)Nc1ccccc1Cl. The van der Waals surface area contributed by atoms with E-state index in [2.05, 4.69) is 9.88 Å². The molecule has 3 aromatic carbocycles. The van der Waals surface area contributed by atoms with E-state index in [1.54, 1.807) is 30.3 Å². The lowest BCUT2D eigenvalue weighted by molar-refractivity contribution is -0.112. The van der Waals surface area contributed by atoms with Crippen LogP contribution < -0.4 is 5.32 Å². The van der Waals surface area contributed by atoms with Crippen molar-refractivity contribution in [3.8, 4) is 6.07 Å². The number of carbonyl (C=O) groups is 1. The van der Waals surface area contributed by atoms with Crippen molar-refractivity contribution in [3.63, 3.8) is 0 Å². The van der Waals surface area contributed by atoms with Crippen LogP contribution in [0.4, 0.5) is 5.69 Å². The predicted molar refractivity (Wildman–Crippen MR) is 126 cm³/mol. The normalized spacial score (nSPS) is 11.3. The van der Waals surface area contributed by atoms with Crippen molar-refractivity contribution in [3.05, 3.63) is 106 Å². The third kappa shape index (κ3) is 4.49. The largest absolute Gasteiger partial charge is 0.342 e. The van der Waals surface area contributed by atoms with E-state index < -0.39 is 5.91 Å². The number of carbonyl (C=O) groups excluding carboxylic acids is 1. The van der Waals surface area contributed by atoms with Gasteiger partial charge in [-0.3, -0.25) is 4.79 Å². The highest BCUT2D eigenvalue weighted by Crippen LogP contribution is 2.27. The number of para-hydroxylation sites is 2. The Morgan fingerprint density at radius 3 is 2.39 bits per heavy atom. The predicted octanol–water partition coefficient (Wildman–Crippen LogP) is 6.54. The van der Waals surface area contributed by atoms with Crippen LogP contribution in [-0.2, 0) is 11.3 Å². The molecule has 1 N–H and O–H groups in total. The molecule has 0 saturated heterocycles. The Balaban J connectivity index is 1.71. The number of hydrogen-bond donors (Lipinski definition) is 1. The zero-order chi connectivity index (χ0) is 21.8. The van der Waals surface area contributed by atoms with Crippen molar-refractivity contribution in [1.82, 2.24) is 4.57 Å². The zero-order valence-corrected chi connectivity index (χ0v) is 17.9. The molecule has 4 aromatic rings. The first-order chi connectivity index (χ1) is 15.1. The molecule has 0 bridgehead atoms. The number of halogens is 2. The summed E-state index contributed by atoms with van der Waals surface area (Å²) in [5.41, 5.74) is 3.18. The molecule has 0 aliphatic heterocycles. The van der Waals surface area contributed by atoms with Gasteiger partial charge in [-0.1, -0.05) is 71.7 Å². The van der Waals surface area contributed by atoms with Crippen LogP contribution in [0.2, 0.25) is 10.0 Å². The third-order valence-corrected chi connectivity index (χ3v) is 5.60. The number of rotatable bonds is 5. The van der Waals surface area contributed by atoms with Crippen LogP contribution in [0.5, 0.6) is 0 Å². The Morgan fingerprint density at radius 1 is 0.968 bits per heavy atom. The van der Waals surface area contributed by atoms with Gasteiger partial charge in [-0.2, -0.15) is 5.26 Å². The lowest BCUT2D eigenvalue weighted by Gasteiger charge is -2.07. The molecule has 0 atom stereocenters. The highest BCUT2D eigenvalue weighted by molar-refractivity contribution is 6.34. The number of nitrogens with one attached hydrogen (secondary N) is 1. The van der Waals surface area contributed by atoms with Crippen LogP contribution in [-0.4, -0.2) is 10.5 Å². The third-order valence-electron chi connectivity index (χ3n) is 4.90. The Kier molecular flexibility index (Phi) is 6.08. The van der Waals surface area contributed by atoms with E-state index in [1.165, 1.54) is 0 Å². The topological polar surface area (TPSA) is 57.8 Å². The van der Waals surface area contributed by atoms with Gasteiger partial charge in [0.15, 0.2) is 0 Å². The molecule has 31 heavy (non-hydrogen) atoms. The van der Waals surface area contributed by atoms with Gasteiger partial charge in [-0.25, -0.2) is 0 Å². The van der Waals surface area contributed by atoms with Crippen molar-refractivity contribution in [1.29, 1.82) is 5.26 Å². The fourth-order valence-electron chi connectivity index (χ4n) is 3.39. The van der Waals surface area contributed by atoms with Gasteiger partial charge in [0.1, 0.15) is 11.6 Å². The molecule has 6 heteroatoms. The average molecular weight is 446 g/mol. The smallest absolute Gasteiger partial charge is 0.266 e. The summed E-state index contributed by atoms with van der Waals surface area (Å²) < 4.78 is 2.06. The quantitative estimate of drug-likeness (QED) is 0.280. The van der Waals surface area contributed by atoms with Gasteiger partial charge in [0, 0.05) is 34.2 Å². The fraction of sp³-hybridized carbons (Fsp3) is 0.0400. The van der Waals surface area contributed by atoms with E-state index in [1.807, 2.05) is 60.8 Å². The first kappa shape index (κ1) is 20.7. The first-order valence-electron chi connectivity index (χ1n) is 9.56. The molecule has 0 unspecified atom stereocenters. The maximum Gasteiger partial charge on any atom is 0.266 e. The molecule has 0 radical (unpaired) electrons. The van der Waals surface area contributed by atoms with Gasteiger partial charge in [-0.05, 0) is 35.9 Å². The number of nitrogens with zero attached hydrogens (tertiary/aromatic N) is 2. The minimum Gasteiger partial charge on any atom is -0.342 e. The van der Waals surface area contributed by atoms with E-state index in [0.29, 0.717) is 22.3 Å². The molecule has 152 valence electrons. The second kappa shape index (κ2) is 9.09. The average Bonchev–Trinajstić information content (AvgIpc) is 3.12. The highest BCUT2D eigenvalue weighted by atomic mass is 35.5. The summed E-state index contributed by atoms with van der Waals surface area (Å²) in [5, 5.41) is 14.4. The number of benzene rings is 3. The summed E-state index contributed by atoms with van der Waals surface area (Å²) >= 11 is 12.5. The van der Waals surface area contributed by atoms with E-state index in [9.17, 15) is 10.1 Å². The van der Waals surface area contributed by atoms with E-state index in [4.69, 9.17) is 23.2 Å². The second-order valence-corrected chi connectivity index (χ2v) is 7.74. The fourth-order valence-corrected chi connectivity index (χ4v) is 3.77. The molecule has 1 amide bonds. The van der Waals surface area contributed by atoms with Crippen LogP contribution in [0, 0.1) is 11.3 Å². The van der Waals surface area contributed by atoms with Crippen LogP contribution >= 0.6 is 23.2 Å². The second-order valence-electron chi connectivity index (χ2n) is 6.92. The van der Waals surface area contributed by atoms with Crippen molar-refractivity contribution in [2.24, 2.45) is 0 Å². The molecule has 0 spiro atoms. The molecule has 0 saturated carbocycles. The Hall–Kier alpha value is -3.52. The minimum atomic E-state index is -0.515. The lowest BCUT2D eigenvalue weighted by Crippen LogP contribution is -2.13. The molecule has 0 fully saturated rings. The van der Waals surface area contributed by atoms with Crippen LogP contribution in [0.15, 0.2) is 84.6 Å². The highest BCUT2D eigenvalue weighted by Gasteiger charge is 2.14. The van der Waals surface area contributed by atoms with E-state index in [-0.39, 0.29) is 5.57 Å². The Morgan fingerprint density at radius 2 is 1.65 bits per heavy atom. The molecule has 0 aliphatic rings. The molecule has 4 nitrogen and oxygen atoms in total. The molecular weight excluding hydrogens is 429 g/mol. The van der Waals surface area contributed by atoms with Crippen LogP contribution in [0.1, 0.15) is 11.1 Å². The van der Waals surface area contributed by atoms with Crippen LogP contribution in [0.25, 0.3) is 17.0 Å². The van der Waals surface area contributed by atoms with Crippen molar-refractivity contribution in [2.45, 2.75) is 6.54 Å². The summed E-state index contributed by atoms with van der Waals surface area (Å²) in [6.45, 7) is 0.571. The summed E-state index contributed by atoms with van der Waals surface area (Å²) in [6, 6.07) is 24.4. The first-order valence-corrected chi connectivity index (χ1v) is 10.3. The van der Waals surface area contributed by atoms with Crippen molar-refractivity contribution < 1.29 is 4.79 Å². The number of aromatic nitrogens is 1. The van der Waals surface area contributed by atoms with E-state index >= 15 is 0 Å². The van der Waals surface area contributed by atoms with Gasteiger partial charge in [-0.15, -0.1) is 0 Å². The van der Waals surface area contributed by atoms with Gasteiger partial charge in [0.2, 0.25) is 0 Å². The minimum absolute atomic E-state index is 0.0134. The van der Waals surface area contributed by atoms with E-state index in [0.717, 1.165) is 22.0 Å². The monoisotopic (exact) mass is 445 g/mol. The van der Waals surface area contributed by atoms with Crippen molar-refractivity contribution >= 4 is 51.8 Å². The Labute approximate surface area is 189 Å². The summed E-state index contributed by atoms with van der Waals surface area (Å²) in [4.78, 5) is 12.7. The summed E-state index contributed by atoms with van der Waals surface area (Å²) in [6.07, 6.45) is 3.52. The molecule has 1 heterocycles. The lowest BCUT2D eigenvalue weighted by atomic mass is 10.1. The number of fused-ring (bicyclic) bond motifs is 1. The van der Waals surface area contributed by atoms with Gasteiger partial charge < -0.3 is 9.88 Å². The van der Waals surface area contributed by atoms with Crippen molar-refractivity contribution in [2.75, 3.05) is 5.32 Å². The molecule has 1 aromatic heterocycles. The number of nitriles is 1. The van der Waals surface area contributed by atoms with Gasteiger partial charge in [0.25, 0.3) is 5.91 Å². The number of hydrogen-bond acceptors (Lipinski definition) is 2. The molecular formula is C25H17Cl2N3O. The van der Waals surface area contributed by atoms with Gasteiger partial charge >= 0.3 is 0 Å². The number of amides is 1. The maximum absolute atomic E-state index is 12.7. The zero-order valence-electron chi connectivity index (χ0n) is 16.3.